The first-order valence-corrected chi connectivity index (χ1v) is 9.83. The van der Waals surface area contributed by atoms with Crippen molar-refractivity contribution in [3.05, 3.63) is 72.3 Å². The van der Waals surface area contributed by atoms with E-state index in [2.05, 4.69) is 14.7 Å². The topological polar surface area (TPSA) is 64.6 Å². The van der Waals surface area contributed by atoms with E-state index >= 15 is 0 Å². The molecule has 0 atom stereocenters. The van der Waals surface area contributed by atoms with Gasteiger partial charge in [-0.3, -0.25) is 4.79 Å². The van der Waals surface area contributed by atoms with Gasteiger partial charge in [-0.25, -0.2) is 9.97 Å². The van der Waals surface area contributed by atoms with Crippen LogP contribution in [0, 0.1) is 0 Å². The van der Waals surface area contributed by atoms with Gasteiger partial charge >= 0.3 is 6.36 Å². The lowest BCUT2D eigenvalue weighted by molar-refractivity contribution is -0.274. The van der Waals surface area contributed by atoms with Crippen LogP contribution < -0.4 is 9.47 Å². The summed E-state index contributed by atoms with van der Waals surface area (Å²) in [6.07, 6.45) is -1.52. The summed E-state index contributed by atoms with van der Waals surface area (Å²) in [7, 11) is 3.81. The van der Waals surface area contributed by atoms with E-state index in [0.717, 1.165) is 0 Å². The fourth-order valence-corrected chi connectivity index (χ4v) is 3.44. The van der Waals surface area contributed by atoms with Crippen LogP contribution in [0.4, 0.5) is 13.2 Å². The van der Waals surface area contributed by atoms with Crippen LogP contribution in [0.25, 0.3) is 11.1 Å². The molecule has 2 aromatic carbocycles. The number of rotatable bonds is 4. The third-order valence-corrected chi connectivity index (χ3v) is 5.11. The second-order valence-corrected chi connectivity index (χ2v) is 7.94. The molecule has 1 aromatic heterocycles. The van der Waals surface area contributed by atoms with E-state index in [-0.39, 0.29) is 24.8 Å². The van der Waals surface area contributed by atoms with Crippen LogP contribution in [0.5, 0.6) is 11.5 Å². The number of alkyl halides is 3. The molecule has 162 valence electrons. The molecule has 0 saturated carbocycles. The lowest BCUT2D eigenvalue weighted by Gasteiger charge is -2.36. The van der Waals surface area contributed by atoms with Crippen molar-refractivity contribution in [1.29, 1.82) is 0 Å². The fraction of sp³-hybridized carbons (Fsp3) is 0.190. The number of nitrogens with zero attached hydrogens (tertiary/aromatic N) is 3. The normalized spacial score (nSPS) is 15.5. The molecule has 0 aliphatic carbocycles. The molecule has 0 fully saturated rings. The highest BCUT2D eigenvalue weighted by Crippen LogP contribution is 2.33. The van der Waals surface area contributed by atoms with E-state index in [0.29, 0.717) is 28.3 Å². The van der Waals surface area contributed by atoms with E-state index in [1.54, 1.807) is 41.6 Å². The van der Waals surface area contributed by atoms with Gasteiger partial charge in [0.05, 0.1) is 18.7 Å². The van der Waals surface area contributed by atoms with Gasteiger partial charge in [0, 0.05) is 17.7 Å². The molecule has 6 nitrogen and oxygen atoms in total. The molecule has 1 aliphatic heterocycles. The van der Waals surface area contributed by atoms with E-state index in [4.69, 9.17) is 4.74 Å². The Morgan fingerprint density at radius 3 is 2.38 bits per heavy atom. The minimum absolute atomic E-state index is 0.211. The Morgan fingerprint density at radius 2 is 1.72 bits per heavy atom. The Hall–Kier alpha value is -3.49. The standard InChI is InChI=1S/C21H18B2F3N3O3/c22-20(23)12-31-17-7-4-14(13-2-5-15(6-3-13)32-21(24,25)26)10-16(17)19(30)29(20)11-18-27-8-1-9-28-18/h1-10H,11-12,22-23H2. The van der Waals surface area contributed by atoms with Crippen LogP contribution in [-0.4, -0.2) is 54.8 Å². The van der Waals surface area contributed by atoms with E-state index < -0.39 is 11.7 Å². The van der Waals surface area contributed by atoms with Gasteiger partial charge in [-0.05, 0) is 41.5 Å². The highest BCUT2D eigenvalue weighted by atomic mass is 19.4. The summed E-state index contributed by atoms with van der Waals surface area (Å²) in [5.41, 5.74) is 1.66. The van der Waals surface area contributed by atoms with Crippen LogP contribution >= 0.6 is 0 Å². The Bertz CT molecular complexity index is 1130. The third kappa shape index (κ3) is 4.71. The molecule has 11 heteroatoms. The van der Waals surface area contributed by atoms with Crippen LogP contribution in [-0.2, 0) is 6.54 Å². The van der Waals surface area contributed by atoms with Gasteiger partial charge in [0.1, 0.15) is 33.0 Å². The Morgan fingerprint density at radius 1 is 1.06 bits per heavy atom. The first kappa shape index (κ1) is 21.7. The average molecular weight is 439 g/mol. The number of ether oxygens (including phenoxy) is 2. The van der Waals surface area contributed by atoms with Crippen molar-refractivity contribution in [2.75, 3.05) is 6.61 Å². The van der Waals surface area contributed by atoms with Crippen molar-refractivity contribution in [3.63, 3.8) is 0 Å². The second kappa shape index (κ2) is 8.22. The molecule has 32 heavy (non-hydrogen) atoms. The molecular formula is C21H18B2F3N3O3. The lowest BCUT2D eigenvalue weighted by Crippen LogP contribution is -2.55. The quantitative estimate of drug-likeness (QED) is 0.583. The van der Waals surface area contributed by atoms with Gasteiger partial charge < -0.3 is 14.4 Å². The van der Waals surface area contributed by atoms with E-state index in [9.17, 15) is 18.0 Å². The maximum Gasteiger partial charge on any atom is 0.573 e. The van der Waals surface area contributed by atoms with Gasteiger partial charge in [0.2, 0.25) is 0 Å². The van der Waals surface area contributed by atoms with Crippen molar-refractivity contribution >= 4 is 21.6 Å². The number of hydrogen-bond donors (Lipinski definition) is 0. The minimum atomic E-state index is -4.76. The average Bonchev–Trinajstić information content (AvgIpc) is 2.84. The van der Waals surface area contributed by atoms with Gasteiger partial charge in [0.15, 0.2) is 0 Å². The molecule has 1 aliphatic rings. The molecule has 0 spiro atoms. The maximum atomic E-state index is 13.5. The number of halogens is 3. The van der Waals surface area contributed by atoms with Crippen molar-refractivity contribution in [2.45, 2.75) is 18.2 Å². The predicted molar refractivity (Wildman–Crippen MR) is 116 cm³/mol. The lowest BCUT2D eigenvalue weighted by atomic mass is 9.61. The summed E-state index contributed by atoms with van der Waals surface area (Å²) in [5, 5.41) is -0.619. The smallest absolute Gasteiger partial charge is 0.492 e. The Kier molecular flexibility index (Phi) is 5.58. The molecule has 0 unspecified atom stereocenters. The van der Waals surface area contributed by atoms with Crippen LogP contribution in [0.1, 0.15) is 16.2 Å². The molecular weight excluding hydrogens is 421 g/mol. The summed E-state index contributed by atoms with van der Waals surface area (Å²) in [5.74, 6) is 0.397. The molecule has 4 rings (SSSR count). The van der Waals surface area contributed by atoms with Gasteiger partial charge in [-0.2, -0.15) is 0 Å². The SMILES string of the molecule is BC1(B)COc2ccc(-c3ccc(OC(F)(F)F)cc3)cc2C(=O)N1Cc1ncccn1. The molecule has 3 aromatic rings. The summed E-state index contributed by atoms with van der Waals surface area (Å²) in [4.78, 5) is 23.6. The summed E-state index contributed by atoms with van der Waals surface area (Å²) in [6.45, 7) is 0.491. The number of carbonyl (C=O) groups is 1. The second-order valence-electron chi connectivity index (χ2n) is 7.94. The Balaban J connectivity index is 1.65. The summed E-state index contributed by atoms with van der Waals surface area (Å²) < 4.78 is 47.0. The summed E-state index contributed by atoms with van der Waals surface area (Å²) in [6, 6.07) is 12.3. The minimum Gasteiger partial charge on any atom is -0.492 e. The van der Waals surface area contributed by atoms with Crippen LogP contribution in [0.3, 0.4) is 0 Å². The number of fused-ring (bicyclic) bond motifs is 1. The highest BCUT2D eigenvalue weighted by Gasteiger charge is 2.37. The number of hydrogen-bond acceptors (Lipinski definition) is 5. The van der Waals surface area contributed by atoms with Gasteiger partial charge in [0.25, 0.3) is 5.91 Å². The zero-order valence-corrected chi connectivity index (χ0v) is 17.4. The molecule has 0 bridgehead atoms. The van der Waals surface area contributed by atoms with Crippen molar-refractivity contribution in [2.24, 2.45) is 0 Å². The molecule has 2 heterocycles. The number of carbonyl (C=O) groups excluding carboxylic acids is 1. The largest absolute Gasteiger partial charge is 0.573 e. The number of aromatic nitrogens is 2. The molecule has 0 N–H and O–H groups in total. The van der Waals surface area contributed by atoms with Crippen molar-refractivity contribution < 1.29 is 27.4 Å². The summed E-state index contributed by atoms with van der Waals surface area (Å²) >= 11 is 0. The predicted octanol–water partition coefficient (Wildman–Crippen LogP) is 2.00. The van der Waals surface area contributed by atoms with Crippen molar-refractivity contribution in [1.82, 2.24) is 14.9 Å². The van der Waals surface area contributed by atoms with Gasteiger partial charge in [-0.1, -0.05) is 18.2 Å². The third-order valence-electron chi connectivity index (χ3n) is 5.11. The zero-order chi connectivity index (χ0) is 22.9. The number of amides is 1. The van der Waals surface area contributed by atoms with Crippen LogP contribution in [0.2, 0.25) is 0 Å². The zero-order valence-electron chi connectivity index (χ0n) is 17.4. The maximum absolute atomic E-state index is 13.5. The Labute approximate surface area is 184 Å². The monoisotopic (exact) mass is 439 g/mol. The number of benzene rings is 2. The van der Waals surface area contributed by atoms with Crippen LogP contribution in [0.15, 0.2) is 60.9 Å². The highest BCUT2D eigenvalue weighted by molar-refractivity contribution is 6.41. The molecule has 1 amide bonds. The fourth-order valence-electron chi connectivity index (χ4n) is 3.44. The van der Waals surface area contributed by atoms with E-state index in [1.165, 1.54) is 24.3 Å². The van der Waals surface area contributed by atoms with Crippen molar-refractivity contribution in [3.8, 4) is 22.6 Å². The molecule has 0 radical (unpaired) electrons. The first-order chi connectivity index (χ1) is 15.1. The van der Waals surface area contributed by atoms with Gasteiger partial charge in [-0.15, -0.1) is 13.2 Å². The van der Waals surface area contributed by atoms with E-state index in [1.807, 2.05) is 15.7 Å². The first-order valence-electron chi connectivity index (χ1n) is 9.83. The molecule has 0 saturated heterocycles.